The summed E-state index contributed by atoms with van der Waals surface area (Å²) < 4.78 is 31.4. The summed E-state index contributed by atoms with van der Waals surface area (Å²) in [6, 6.07) is 19.5. The molecule has 0 aliphatic carbocycles. The molecule has 2 N–H and O–H groups in total. The van der Waals surface area contributed by atoms with Gasteiger partial charge in [0.2, 0.25) is 15.9 Å². The minimum absolute atomic E-state index is 0.145. The van der Waals surface area contributed by atoms with E-state index in [9.17, 15) is 13.2 Å². The van der Waals surface area contributed by atoms with Gasteiger partial charge in [0.1, 0.15) is 11.5 Å². The lowest BCUT2D eigenvalue weighted by molar-refractivity contribution is -0.116. The van der Waals surface area contributed by atoms with Crippen molar-refractivity contribution < 1.29 is 17.6 Å². The molecule has 27 heavy (non-hydrogen) atoms. The molecule has 0 spiro atoms. The van der Waals surface area contributed by atoms with Gasteiger partial charge in [0.05, 0.1) is 4.90 Å². The van der Waals surface area contributed by atoms with Crippen LogP contribution in [0.3, 0.4) is 0 Å². The van der Waals surface area contributed by atoms with E-state index in [1.807, 2.05) is 42.5 Å². The van der Waals surface area contributed by atoms with Crippen LogP contribution in [0.2, 0.25) is 0 Å². The predicted octanol–water partition coefficient (Wildman–Crippen LogP) is 3.43. The van der Waals surface area contributed by atoms with E-state index in [0.29, 0.717) is 12.1 Å². The number of nitrogens with one attached hydrogen (secondary N) is 2. The summed E-state index contributed by atoms with van der Waals surface area (Å²) in [5.41, 5.74) is 1.53. The van der Waals surface area contributed by atoms with E-state index in [1.54, 1.807) is 12.1 Å². The molecule has 3 rings (SSSR count). The second-order valence-electron chi connectivity index (χ2n) is 5.91. The molecule has 0 saturated heterocycles. The van der Waals surface area contributed by atoms with Crippen LogP contribution < -0.4 is 10.0 Å². The Bertz CT molecular complexity index is 1010. The highest BCUT2D eigenvalue weighted by Crippen LogP contribution is 2.22. The number of benzene rings is 2. The quantitative estimate of drug-likeness (QED) is 0.653. The fourth-order valence-corrected chi connectivity index (χ4v) is 3.30. The molecule has 1 amide bonds. The van der Waals surface area contributed by atoms with Crippen molar-refractivity contribution in [3.05, 3.63) is 72.5 Å². The molecular weight excluding hydrogens is 364 g/mol. The van der Waals surface area contributed by atoms with Gasteiger partial charge in [0.15, 0.2) is 0 Å². The van der Waals surface area contributed by atoms with Crippen LogP contribution in [0.1, 0.15) is 12.2 Å². The lowest BCUT2D eigenvalue weighted by Gasteiger charge is -2.06. The molecule has 0 saturated carbocycles. The van der Waals surface area contributed by atoms with Gasteiger partial charge in [-0.1, -0.05) is 30.3 Å². The molecule has 6 nitrogen and oxygen atoms in total. The molecule has 0 bridgehead atoms. The zero-order valence-electron chi connectivity index (χ0n) is 14.8. The Kier molecular flexibility index (Phi) is 5.73. The van der Waals surface area contributed by atoms with E-state index in [4.69, 9.17) is 4.42 Å². The first kappa shape index (κ1) is 18.9. The van der Waals surface area contributed by atoms with Crippen LogP contribution in [0.4, 0.5) is 5.69 Å². The lowest BCUT2D eigenvalue weighted by Crippen LogP contribution is -2.18. The fraction of sp³-hybridized carbons (Fsp3) is 0.150. The number of furan rings is 1. The Balaban J connectivity index is 1.55. The highest BCUT2D eigenvalue weighted by atomic mass is 32.2. The lowest BCUT2D eigenvalue weighted by atomic mass is 10.2. The van der Waals surface area contributed by atoms with Gasteiger partial charge in [0, 0.05) is 24.1 Å². The highest BCUT2D eigenvalue weighted by molar-refractivity contribution is 7.89. The molecule has 1 aromatic heterocycles. The van der Waals surface area contributed by atoms with Gasteiger partial charge in [-0.3, -0.25) is 4.79 Å². The second kappa shape index (κ2) is 8.20. The third kappa shape index (κ3) is 4.84. The predicted molar refractivity (Wildman–Crippen MR) is 104 cm³/mol. The Morgan fingerprint density at radius 3 is 2.33 bits per heavy atom. The fourth-order valence-electron chi connectivity index (χ4n) is 2.57. The van der Waals surface area contributed by atoms with Crippen LogP contribution in [-0.4, -0.2) is 21.4 Å². The number of amides is 1. The summed E-state index contributed by atoms with van der Waals surface area (Å²) in [5.74, 6) is 1.34. The summed E-state index contributed by atoms with van der Waals surface area (Å²) in [5, 5.41) is 2.75. The molecule has 0 aliphatic rings. The molecule has 140 valence electrons. The van der Waals surface area contributed by atoms with Crippen molar-refractivity contribution in [1.82, 2.24) is 4.72 Å². The van der Waals surface area contributed by atoms with Crippen molar-refractivity contribution in [2.75, 3.05) is 12.4 Å². The van der Waals surface area contributed by atoms with Gasteiger partial charge in [-0.05, 0) is 43.4 Å². The van der Waals surface area contributed by atoms with E-state index in [1.165, 1.54) is 19.2 Å². The molecule has 3 aromatic rings. The number of hydrogen-bond acceptors (Lipinski definition) is 4. The first-order valence-electron chi connectivity index (χ1n) is 8.45. The van der Waals surface area contributed by atoms with Crippen molar-refractivity contribution in [3.8, 4) is 11.3 Å². The maximum Gasteiger partial charge on any atom is 0.240 e. The summed E-state index contributed by atoms with van der Waals surface area (Å²) in [7, 11) is -2.14. The van der Waals surface area contributed by atoms with Crippen molar-refractivity contribution >= 4 is 21.6 Å². The van der Waals surface area contributed by atoms with Crippen molar-refractivity contribution in [1.29, 1.82) is 0 Å². The summed E-state index contributed by atoms with van der Waals surface area (Å²) >= 11 is 0. The molecule has 0 unspecified atom stereocenters. The first-order valence-corrected chi connectivity index (χ1v) is 9.94. The zero-order chi connectivity index (χ0) is 19.3. The minimum Gasteiger partial charge on any atom is -0.461 e. The molecule has 0 radical (unpaired) electrons. The van der Waals surface area contributed by atoms with E-state index in [-0.39, 0.29) is 17.2 Å². The van der Waals surface area contributed by atoms with Crippen LogP contribution in [-0.2, 0) is 21.2 Å². The molecule has 0 atom stereocenters. The Labute approximate surface area is 158 Å². The number of rotatable bonds is 7. The largest absolute Gasteiger partial charge is 0.461 e. The van der Waals surface area contributed by atoms with Crippen molar-refractivity contribution in [3.63, 3.8) is 0 Å². The van der Waals surface area contributed by atoms with E-state index >= 15 is 0 Å². The third-order valence-electron chi connectivity index (χ3n) is 4.04. The molecule has 0 fully saturated rings. The summed E-state index contributed by atoms with van der Waals surface area (Å²) in [4.78, 5) is 12.3. The maximum absolute atomic E-state index is 12.1. The number of carbonyl (C=O) groups is 1. The van der Waals surface area contributed by atoms with Crippen LogP contribution in [0.15, 0.2) is 76.0 Å². The first-order chi connectivity index (χ1) is 13.0. The average Bonchev–Trinajstić information content (AvgIpc) is 3.17. The normalized spacial score (nSPS) is 11.3. The number of carbonyl (C=O) groups excluding carboxylic acids is 1. The van der Waals surface area contributed by atoms with Crippen LogP contribution in [0, 0.1) is 0 Å². The number of anilines is 1. The minimum atomic E-state index is -3.49. The van der Waals surface area contributed by atoms with Gasteiger partial charge >= 0.3 is 0 Å². The Morgan fingerprint density at radius 1 is 0.963 bits per heavy atom. The SMILES string of the molecule is CNS(=O)(=O)c1ccc(NC(=O)CCc2ccc(-c3ccccc3)o2)cc1. The molecule has 2 aromatic carbocycles. The van der Waals surface area contributed by atoms with Gasteiger partial charge in [-0.15, -0.1) is 0 Å². The van der Waals surface area contributed by atoms with Crippen LogP contribution >= 0.6 is 0 Å². The Hall–Kier alpha value is -2.90. The van der Waals surface area contributed by atoms with Crippen LogP contribution in [0.25, 0.3) is 11.3 Å². The van der Waals surface area contributed by atoms with Crippen molar-refractivity contribution in [2.45, 2.75) is 17.7 Å². The standard InChI is InChI=1S/C20H20N2O4S/c1-21-27(24,25)18-11-7-16(8-12-18)22-20(23)14-10-17-9-13-19(26-17)15-5-3-2-4-6-15/h2-9,11-13,21H,10,14H2,1H3,(H,22,23). The smallest absolute Gasteiger partial charge is 0.240 e. The molecule has 1 heterocycles. The second-order valence-corrected chi connectivity index (χ2v) is 7.80. The third-order valence-corrected chi connectivity index (χ3v) is 5.47. The van der Waals surface area contributed by atoms with Crippen LogP contribution in [0.5, 0.6) is 0 Å². The maximum atomic E-state index is 12.1. The van der Waals surface area contributed by atoms with E-state index < -0.39 is 10.0 Å². The van der Waals surface area contributed by atoms with Gasteiger partial charge in [-0.2, -0.15) is 0 Å². The molecule has 0 aliphatic heterocycles. The van der Waals surface area contributed by atoms with Gasteiger partial charge in [0.25, 0.3) is 0 Å². The topological polar surface area (TPSA) is 88.4 Å². The number of sulfonamides is 1. The monoisotopic (exact) mass is 384 g/mol. The van der Waals surface area contributed by atoms with Gasteiger partial charge in [-0.25, -0.2) is 13.1 Å². The highest BCUT2D eigenvalue weighted by Gasteiger charge is 2.11. The number of hydrogen-bond donors (Lipinski definition) is 2. The molecular formula is C20H20N2O4S. The Morgan fingerprint density at radius 2 is 1.67 bits per heavy atom. The van der Waals surface area contributed by atoms with E-state index in [2.05, 4.69) is 10.0 Å². The molecule has 7 heteroatoms. The average molecular weight is 384 g/mol. The van der Waals surface area contributed by atoms with Gasteiger partial charge < -0.3 is 9.73 Å². The zero-order valence-corrected chi connectivity index (χ0v) is 15.6. The van der Waals surface area contributed by atoms with Crippen molar-refractivity contribution in [2.24, 2.45) is 0 Å². The summed E-state index contributed by atoms with van der Waals surface area (Å²) in [6.45, 7) is 0. The number of aryl methyl sites for hydroxylation is 1. The summed E-state index contributed by atoms with van der Waals surface area (Å²) in [6.07, 6.45) is 0.739. The van der Waals surface area contributed by atoms with E-state index in [0.717, 1.165) is 17.1 Å².